The minimum absolute atomic E-state index is 0.0394. The van der Waals surface area contributed by atoms with Crippen molar-refractivity contribution >= 4 is 32.7 Å². The van der Waals surface area contributed by atoms with Crippen LogP contribution < -0.4 is 11.3 Å². The zero-order valence-electron chi connectivity index (χ0n) is 10.3. The van der Waals surface area contributed by atoms with Gasteiger partial charge in [-0.15, -0.1) is 0 Å². The van der Waals surface area contributed by atoms with E-state index in [4.69, 9.17) is 8.83 Å². The Kier molecular flexibility index (Phi) is 2.09. The second kappa shape index (κ2) is 3.81. The van der Waals surface area contributed by atoms with E-state index in [-0.39, 0.29) is 5.39 Å². The molecule has 2 aromatic carbocycles. The van der Waals surface area contributed by atoms with Gasteiger partial charge in [-0.2, -0.15) is 0 Å². The topological polar surface area (TPSA) is 60.4 Å². The van der Waals surface area contributed by atoms with Crippen LogP contribution >= 0.6 is 0 Å². The summed E-state index contributed by atoms with van der Waals surface area (Å²) in [6.45, 7) is 0. The molecule has 4 rings (SSSR count). The van der Waals surface area contributed by atoms with Gasteiger partial charge in [-0.05, 0) is 12.1 Å². The highest BCUT2D eigenvalue weighted by molar-refractivity contribution is 6.16. The van der Waals surface area contributed by atoms with Gasteiger partial charge in [0.05, 0.1) is 0 Å². The summed E-state index contributed by atoms with van der Waals surface area (Å²) >= 11 is 0. The highest BCUT2D eigenvalue weighted by atomic mass is 16.4. The van der Waals surface area contributed by atoms with Crippen molar-refractivity contribution in [2.24, 2.45) is 0 Å². The summed E-state index contributed by atoms with van der Waals surface area (Å²) < 4.78 is 10.4. The van der Waals surface area contributed by atoms with Crippen molar-refractivity contribution in [3.63, 3.8) is 0 Å². The van der Waals surface area contributed by atoms with Crippen molar-refractivity contribution in [3.05, 3.63) is 69.4 Å². The number of hydrogen-bond donors (Lipinski definition) is 0. The first kappa shape index (κ1) is 11.0. The fraction of sp³-hybridized carbons (Fsp3) is 0. The Morgan fingerprint density at radius 2 is 1.05 bits per heavy atom. The molecule has 20 heavy (non-hydrogen) atoms. The van der Waals surface area contributed by atoms with Crippen molar-refractivity contribution < 1.29 is 8.83 Å². The van der Waals surface area contributed by atoms with Gasteiger partial charge in [-0.25, -0.2) is 9.59 Å². The van der Waals surface area contributed by atoms with Gasteiger partial charge in [-0.3, -0.25) is 0 Å². The SMILES string of the molecule is O=c1oc2ccccc2c2c1c(=O)oc1ccccc12. The standard InChI is InChI=1S/C16H8O4/c17-15-14-13(9-5-1-3-7-11(9)19-15)10-6-2-4-8-12(10)20-16(14)18/h1-8H. The summed E-state index contributed by atoms with van der Waals surface area (Å²) in [5, 5.41) is 2.00. The van der Waals surface area contributed by atoms with Gasteiger partial charge in [-0.1, -0.05) is 36.4 Å². The van der Waals surface area contributed by atoms with Crippen molar-refractivity contribution in [2.75, 3.05) is 0 Å². The van der Waals surface area contributed by atoms with Gasteiger partial charge in [0.2, 0.25) is 0 Å². The number of para-hydroxylation sites is 2. The highest BCUT2D eigenvalue weighted by Gasteiger charge is 2.15. The molecule has 0 amide bonds. The lowest BCUT2D eigenvalue weighted by Gasteiger charge is -2.04. The Morgan fingerprint density at radius 3 is 1.55 bits per heavy atom. The Bertz CT molecular complexity index is 1000. The molecule has 4 heteroatoms. The third-order valence-corrected chi connectivity index (χ3v) is 3.38. The third kappa shape index (κ3) is 1.36. The lowest BCUT2D eigenvalue weighted by molar-refractivity contribution is 0.547. The smallest absolute Gasteiger partial charge is 0.351 e. The lowest BCUT2D eigenvalue weighted by atomic mass is 10.0. The summed E-state index contributed by atoms with van der Waals surface area (Å²) in [5.74, 6) is 0. The predicted octanol–water partition coefficient (Wildman–Crippen LogP) is 3.05. The summed E-state index contributed by atoms with van der Waals surface area (Å²) in [6, 6.07) is 14.3. The molecule has 0 atom stereocenters. The van der Waals surface area contributed by atoms with Crippen LogP contribution in [0, 0.1) is 0 Å². The van der Waals surface area contributed by atoms with E-state index >= 15 is 0 Å². The number of hydrogen-bond acceptors (Lipinski definition) is 4. The molecule has 2 aromatic heterocycles. The molecule has 0 aliphatic heterocycles. The van der Waals surface area contributed by atoms with Crippen LogP contribution in [-0.2, 0) is 0 Å². The fourth-order valence-electron chi connectivity index (χ4n) is 2.53. The lowest BCUT2D eigenvalue weighted by Crippen LogP contribution is -2.12. The van der Waals surface area contributed by atoms with E-state index < -0.39 is 11.3 Å². The van der Waals surface area contributed by atoms with Crippen LogP contribution in [0.3, 0.4) is 0 Å². The van der Waals surface area contributed by atoms with Crippen molar-refractivity contribution in [2.45, 2.75) is 0 Å². The monoisotopic (exact) mass is 264 g/mol. The third-order valence-electron chi connectivity index (χ3n) is 3.38. The van der Waals surface area contributed by atoms with Crippen LogP contribution in [0.2, 0.25) is 0 Å². The Morgan fingerprint density at radius 1 is 0.600 bits per heavy atom. The van der Waals surface area contributed by atoms with Crippen molar-refractivity contribution in [1.82, 2.24) is 0 Å². The van der Waals surface area contributed by atoms with E-state index in [0.717, 1.165) is 10.8 Å². The van der Waals surface area contributed by atoms with Crippen LogP contribution in [0.5, 0.6) is 0 Å². The van der Waals surface area contributed by atoms with E-state index in [0.29, 0.717) is 16.6 Å². The van der Waals surface area contributed by atoms with Crippen LogP contribution in [0.4, 0.5) is 0 Å². The maximum Gasteiger partial charge on any atom is 0.351 e. The van der Waals surface area contributed by atoms with E-state index in [9.17, 15) is 9.59 Å². The average molecular weight is 264 g/mol. The van der Waals surface area contributed by atoms with E-state index in [1.807, 2.05) is 24.3 Å². The average Bonchev–Trinajstić information content (AvgIpc) is 2.46. The first-order valence-electron chi connectivity index (χ1n) is 6.13. The first-order valence-corrected chi connectivity index (χ1v) is 6.13. The molecule has 0 aliphatic rings. The molecule has 4 nitrogen and oxygen atoms in total. The number of benzene rings is 2. The molecule has 0 fully saturated rings. The van der Waals surface area contributed by atoms with Crippen molar-refractivity contribution in [1.29, 1.82) is 0 Å². The Hall–Kier alpha value is -2.88. The highest BCUT2D eigenvalue weighted by Crippen LogP contribution is 2.27. The van der Waals surface area contributed by atoms with Crippen LogP contribution in [-0.4, -0.2) is 0 Å². The molecular formula is C16H8O4. The van der Waals surface area contributed by atoms with Gasteiger partial charge >= 0.3 is 11.3 Å². The summed E-state index contributed by atoms with van der Waals surface area (Å²) in [6.07, 6.45) is 0. The number of fused-ring (bicyclic) bond motifs is 5. The van der Waals surface area contributed by atoms with Crippen LogP contribution in [0.1, 0.15) is 0 Å². The largest absolute Gasteiger partial charge is 0.422 e. The summed E-state index contributed by atoms with van der Waals surface area (Å²) in [4.78, 5) is 24.1. The summed E-state index contributed by atoms with van der Waals surface area (Å²) in [7, 11) is 0. The normalized spacial score (nSPS) is 11.4. The van der Waals surface area contributed by atoms with Gasteiger partial charge in [0.15, 0.2) is 5.39 Å². The minimum Gasteiger partial charge on any atom is -0.422 e. The zero-order valence-corrected chi connectivity index (χ0v) is 10.3. The molecule has 0 unspecified atom stereocenters. The molecule has 0 spiro atoms. The van der Waals surface area contributed by atoms with Gasteiger partial charge in [0.25, 0.3) is 0 Å². The van der Waals surface area contributed by atoms with Crippen molar-refractivity contribution in [3.8, 4) is 0 Å². The predicted molar refractivity (Wildman–Crippen MR) is 76.0 cm³/mol. The molecule has 0 saturated heterocycles. The quantitative estimate of drug-likeness (QED) is 0.362. The Balaban J connectivity index is 2.51. The van der Waals surface area contributed by atoms with E-state index in [1.54, 1.807) is 24.3 Å². The second-order valence-electron chi connectivity index (χ2n) is 4.52. The molecule has 0 N–H and O–H groups in total. The maximum atomic E-state index is 12.0. The molecule has 96 valence electrons. The molecule has 0 saturated carbocycles. The first-order chi connectivity index (χ1) is 9.75. The van der Waals surface area contributed by atoms with Gasteiger partial charge < -0.3 is 8.83 Å². The maximum absolute atomic E-state index is 12.0. The molecule has 0 aliphatic carbocycles. The fourth-order valence-corrected chi connectivity index (χ4v) is 2.53. The number of rotatable bonds is 0. The van der Waals surface area contributed by atoms with Gasteiger partial charge in [0.1, 0.15) is 11.2 Å². The minimum atomic E-state index is -0.668. The molecule has 0 bridgehead atoms. The molecule has 4 aromatic rings. The molecule has 2 heterocycles. The molecule has 0 radical (unpaired) electrons. The van der Waals surface area contributed by atoms with Crippen LogP contribution in [0.15, 0.2) is 67.0 Å². The van der Waals surface area contributed by atoms with Crippen LogP contribution in [0.25, 0.3) is 32.7 Å². The van der Waals surface area contributed by atoms with E-state index in [2.05, 4.69) is 0 Å². The zero-order chi connectivity index (χ0) is 13.7. The molecular weight excluding hydrogens is 256 g/mol. The second-order valence-corrected chi connectivity index (χ2v) is 4.52. The Labute approximate surface area is 111 Å². The van der Waals surface area contributed by atoms with E-state index in [1.165, 1.54) is 0 Å². The summed E-state index contributed by atoms with van der Waals surface area (Å²) in [5.41, 5.74) is -0.419. The van der Waals surface area contributed by atoms with Gasteiger partial charge in [0, 0.05) is 16.2 Å².